The number of nitrogens with one attached hydrogen (secondary N) is 1. The number of aromatic nitrogens is 3. The molecule has 0 aromatic carbocycles. The lowest BCUT2D eigenvalue weighted by Crippen LogP contribution is -2.33. The van der Waals surface area contributed by atoms with Crippen LogP contribution in [0.15, 0.2) is 4.79 Å². The first-order chi connectivity index (χ1) is 10.0. The number of rotatable bonds is 6. The van der Waals surface area contributed by atoms with Crippen LogP contribution in [0.25, 0.3) is 0 Å². The van der Waals surface area contributed by atoms with Crippen LogP contribution in [-0.4, -0.2) is 26.8 Å². The van der Waals surface area contributed by atoms with Crippen molar-refractivity contribution >= 4 is 5.91 Å². The highest BCUT2D eigenvalue weighted by Gasteiger charge is 2.17. The van der Waals surface area contributed by atoms with Crippen LogP contribution < -0.4 is 11.0 Å². The van der Waals surface area contributed by atoms with Crippen LogP contribution in [0.3, 0.4) is 0 Å². The van der Waals surface area contributed by atoms with Gasteiger partial charge in [-0.15, -0.1) is 0 Å². The van der Waals surface area contributed by atoms with E-state index in [2.05, 4.69) is 10.4 Å². The fourth-order valence-corrected chi connectivity index (χ4v) is 2.50. The average molecular weight is 294 g/mol. The summed E-state index contributed by atoms with van der Waals surface area (Å²) in [5, 5.41) is 7.31. The molecule has 1 unspecified atom stereocenters. The van der Waals surface area contributed by atoms with Crippen molar-refractivity contribution < 1.29 is 4.79 Å². The summed E-state index contributed by atoms with van der Waals surface area (Å²) >= 11 is 0. The van der Waals surface area contributed by atoms with E-state index >= 15 is 0 Å². The van der Waals surface area contributed by atoms with Gasteiger partial charge in [0, 0.05) is 32.0 Å². The highest BCUT2D eigenvalue weighted by atomic mass is 16.2. The van der Waals surface area contributed by atoms with Gasteiger partial charge in [0.2, 0.25) is 5.91 Å². The van der Waals surface area contributed by atoms with Gasteiger partial charge in [-0.3, -0.25) is 9.36 Å². The summed E-state index contributed by atoms with van der Waals surface area (Å²) < 4.78 is 3.32. The smallest absolute Gasteiger partial charge is 0.345 e. The summed E-state index contributed by atoms with van der Waals surface area (Å²) in [6.07, 6.45) is 3.79. The minimum Gasteiger partial charge on any atom is -0.356 e. The van der Waals surface area contributed by atoms with Gasteiger partial charge < -0.3 is 5.32 Å². The summed E-state index contributed by atoms with van der Waals surface area (Å²) in [5.74, 6) is 1.35. The van der Waals surface area contributed by atoms with Gasteiger partial charge in [-0.1, -0.05) is 20.8 Å². The minimum absolute atomic E-state index is 0.00780. The maximum absolute atomic E-state index is 12.1. The molecule has 6 nitrogen and oxygen atoms in total. The van der Waals surface area contributed by atoms with E-state index in [0.29, 0.717) is 19.0 Å². The van der Waals surface area contributed by atoms with Gasteiger partial charge in [-0.05, 0) is 25.2 Å². The second-order valence-corrected chi connectivity index (χ2v) is 6.21. The van der Waals surface area contributed by atoms with E-state index < -0.39 is 0 Å². The lowest BCUT2D eigenvalue weighted by atomic mass is 9.97. The second kappa shape index (κ2) is 6.91. The quantitative estimate of drug-likeness (QED) is 0.801. The molecule has 0 spiro atoms. The summed E-state index contributed by atoms with van der Waals surface area (Å²) in [4.78, 5) is 23.9. The van der Waals surface area contributed by atoms with Crippen LogP contribution in [0.5, 0.6) is 0 Å². The van der Waals surface area contributed by atoms with Crippen molar-refractivity contribution in [2.75, 3.05) is 6.54 Å². The fourth-order valence-electron chi connectivity index (χ4n) is 2.50. The topological polar surface area (TPSA) is 68.9 Å². The van der Waals surface area contributed by atoms with Crippen molar-refractivity contribution in [2.24, 2.45) is 11.8 Å². The molecular weight excluding hydrogens is 268 g/mol. The summed E-state index contributed by atoms with van der Waals surface area (Å²) in [6.45, 7) is 7.96. The number of aryl methyl sites for hydroxylation is 2. The number of hydrogen-bond acceptors (Lipinski definition) is 3. The molecule has 1 amide bonds. The van der Waals surface area contributed by atoms with Gasteiger partial charge in [0.15, 0.2) is 0 Å². The molecule has 2 rings (SSSR count). The van der Waals surface area contributed by atoms with E-state index in [1.54, 1.807) is 9.25 Å². The van der Waals surface area contributed by atoms with Crippen molar-refractivity contribution in [1.82, 2.24) is 19.7 Å². The molecule has 0 aliphatic carbocycles. The van der Waals surface area contributed by atoms with Crippen LogP contribution in [-0.2, 0) is 24.3 Å². The third-order valence-electron chi connectivity index (χ3n) is 4.29. The molecule has 6 heteroatoms. The zero-order valence-corrected chi connectivity index (χ0v) is 13.3. The number of hydrogen-bond donors (Lipinski definition) is 1. The Balaban J connectivity index is 1.81. The summed E-state index contributed by atoms with van der Waals surface area (Å²) in [6, 6.07) is 0. The van der Waals surface area contributed by atoms with Crippen LogP contribution in [0, 0.1) is 11.8 Å². The molecule has 1 aliphatic heterocycles. The van der Waals surface area contributed by atoms with Crippen molar-refractivity contribution in [3.63, 3.8) is 0 Å². The Kier molecular flexibility index (Phi) is 5.20. The monoisotopic (exact) mass is 294 g/mol. The fraction of sp³-hybridized carbons (Fsp3) is 0.800. The zero-order chi connectivity index (χ0) is 15.4. The molecule has 1 atom stereocenters. The van der Waals surface area contributed by atoms with Gasteiger partial charge >= 0.3 is 5.69 Å². The van der Waals surface area contributed by atoms with Crippen LogP contribution in [0.4, 0.5) is 0 Å². The van der Waals surface area contributed by atoms with Gasteiger partial charge in [0.05, 0.1) is 0 Å². The third kappa shape index (κ3) is 3.74. The number of carbonyl (C=O) groups excluding carboxylic acids is 1. The number of carbonyl (C=O) groups is 1. The second-order valence-electron chi connectivity index (χ2n) is 6.21. The molecule has 0 saturated carbocycles. The van der Waals surface area contributed by atoms with Gasteiger partial charge in [-0.25, -0.2) is 9.48 Å². The first kappa shape index (κ1) is 15.8. The normalized spacial score (nSPS) is 15.8. The molecule has 1 aromatic rings. The Morgan fingerprint density at radius 3 is 2.76 bits per heavy atom. The molecule has 1 N–H and O–H groups in total. The van der Waals surface area contributed by atoms with Gasteiger partial charge in [-0.2, -0.15) is 5.10 Å². The Hall–Kier alpha value is -1.59. The maximum Gasteiger partial charge on any atom is 0.345 e. The lowest BCUT2D eigenvalue weighted by molar-refractivity contribution is -0.125. The molecule has 21 heavy (non-hydrogen) atoms. The Morgan fingerprint density at radius 1 is 1.33 bits per heavy atom. The standard InChI is InChI=1S/C15H26N4O2/c1-11(2)12(3)14(20)16-8-6-10-19-15(21)18-9-5-4-7-13(18)17-19/h11-12H,4-10H2,1-3H3,(H,16,20). The zero-order valence-electron chi connectivity index (χ0n) is 13.3. The van der Waals surface area contributed by atoms with Gasteiger partial charge in [0.25, 0.3) is 0 Å². The third-order valence-corrected chi connectivity index (χ3v) is 4.29. The van der Waals surface area contributed by atoms with E-state index in [4.69, 9.17) is 0 Å². The Bertz CT molecular complexity index is 544. The Labute approximate surface area is 125 Å². The van der Waals surface area contributed by atoms with E-state index in [-0.39, 0.29) is 17.5 Å². The predicted octanol–water partition coefficient (Wildman–Crippen LogP) is 1.18. The number of fused-ring (bicyclic) bond motifs is 1. The number of amides is 1. The molecular formula is C15H26N4O2. The minimum atomic E-state index is -0.00780. The first-order valence-electron chi connectivity index (χ1n) is 7.95. The average Bonchev–Trinajstić information content (AvgIpc) is 2.79. The maximum atomic E-state index is 12.1. The van der Waals surface area contributed by atoms with Crippen molar-refractivity contribution in [1.29, 1.82) is 0 Å². The van der Waals surface area contributed by atoms with Crippen LogP contribution >= 0.6 is 0 Å². The molecule has 0 bridgehead atoms. The van der Waals surface area contributed by atoms with E-state index in [9.17, 15) is 9.59 Å². The van der Waals surface area contributed by atoms with E-state index in [1.165, 1.54) is 0 Å². The SMILES string of the molecule is CC(C)C(C)C(=O)NCCCn1nc2n(c1=O)CCCC2. The molecule has 0 saturated heterocycles. The summed E-state index contributed by atoms with van der Waals surface area (Å²) in [5.41, 5.74) is -0.00780. The van der Waals surface area contributed by atoms with E-state index in [1.807, 2.05) is 20.8 Å². The van der Waals surface area contributed by atoms with Crippen molar-refractivity contribution in [3.8, 4) is 0 Å². The first-order valence-corrected chi connectivity index (χ1v) is 7.95. The van der Waals surface area contributed by atoms with Crippen LogP contribution in [0.2, 0.25) is 0 Å². The molecule has 0 radical (unpaired) electrons. The van der Waals surface area contributed by atoms with Crippen LogP contribution in [0.1, 0.15) is 45.9 Å². The number of nitrogens with zero attached hydrogens (tertiary/aromatic N) is 3. The van der Waals surface area contributed by atoms with Crippen molar-refractivity contribution in [3.05, 3.63) is 16.3 Å². The van der Waals surface area contributed by atoms with Crippen molar-refractivity contribution in [2.45, 2.75) is 59.5 Å². The lowest BCUT2D eigenvalue weighted by Gasteiger charge is -2.15. The molecule has 2 heterocycles. The largest absolute Gasteiger partial charge is 0.356 e. The van der Waals surface area contributed by atoms with Gasteiger partial charge in [0.1, 0.15) is 5.82 Å². The molecule has 1 aromatic heterocycles. The van der Waals surface area contributed by atoms with E-state index in [0.717, 1.165) is 38.1 Å². The Morgan fingerprint density at radius 2 is 2.10 bits per heavy atom. The molecule has 1 aliphatic rings. The highest BCUT2D eigenvalue weighted by molar-refractivity contribution is 5.78. The molecule has 118 valence electrons. The predicted molar refractivity (Wildman–Crippen MR) is 81.1 cm³/mol. The summed E-state index contributed by atoms with van der Waals surface area (Å²) in [7, 11) is 0. The molecule has 0 fully saturated rings. The highest BCUT2D eigenvalue weighted by Crippen LogP contribution is 2.10.